The van der Waals surface area contributed by atoms with Crippen molar-refractivity contribution in [1.29, 1.82) is 0 Å². The van der Waals surface area contributed by atoms with E-state index in [1.807, 2.05) is 36.5 Å². The molecule has 0 atom stereocenters. The van der Waals surface area contributed by atoms with Crippen LogP contribution < -0.4 is 10.2 Å². The first-order chi connectivity index (χ1) is 13.2. The third kappa shape index (κ3) is 3.92. The first-order valence-corrected chi connectivity index (χ1v) is 8.85. The van der Waals surface area contributed by atoms with Gasteiger partial charge in [0.1, 0.15) is 5.82 Å². The zero-order chi connectivity index (χ0) is 18.6. The molecule has 0 radical (unpaired) electrons. The monoisotopic (exact) mass is 365 g/mol. The summed E-state index contributed by atoms with van der Waals surface area (Å²) in [5, 5.41) is 7.16. The molecule has 1 aliphatic rings. The molecule has 1 fully saturated rings. The zero-order valence-corrected chi connectivity index (χ0v) is 14.8. The second-order valence-electron chi connectivity index (χ2n) is 6.38. The Labute approximate surface area is 156 Å². The Morgan fingerprint density at radius 2 is 1.74 bits per heavy atom. The van der Waals surface area contributed by atoms with Crippen molar-refractivity contribution in [3.63, 3.8) is 0 Å². The van der Waals surface area contributed by atoms with Crippen molar-refractivity contribution in [2.45, 2.75) is 0 Å². The van der Waals surface area contributed by atoms with Crippen molar-refractivity contribution in [2.24, 2.45) is 0 Å². The van der Waals surface area contributed by atoms with Crippen LogP contribution in [0.4, 0.5) is 20.6 Å². The number of halogens is 1. The van der Waals surface area contributed by atoms with Gasteiger partial charge < -0.3 is 15.1 Å². The predicted octanol–water partition coefficient (Wildman–Crippen LogP) is 3.37. The summed E-state index contributed by atoms with van der Waals surface area (Å²) in [6.07, 6.45) is 3.57. The molecule has 1 saturated heterocycles. The van der Waals surface area contributed by atoms with E-state index in [0.717, 1.165) is 17.1 Å². The van der Waals surface area contributed by atoms with Crippen LogP contribution in [0.1, 0.15) is 0 Å². The minimum Gasteiger partial charge on any atom is -0.368 e. The number of piperazine rings is 1. The van der Waals surface area contributed by atoms with Crippen molar-refractivity contribution in [1.82, 2.24) is 14.7 Å². The highest BCUT2D eigenvalue weighted by Gasteiger charge is 2.21. The van der Waals surface area contributed by atoms with Gasteiger partial charge in [-0.3, -0.25) is 0 Å². The Kier molecular flexibility index (Phi) is 4.74. The van der Waals surface area contributed by atoms with Crippen LogP contribution in [0.5, 0.6) is 0 Å². The lowest BCUT2D eigenvalue weighted by molar-refractivity contribution is 0.208. The van der Waals surface area contributed by atoms with E-state index in [0.29, 0.717) is 26.2 Å². The molecule has 0 unspecified atom stereocenters. The first kappa shape index (κ1) is 17.1. The highest BCUT2D eigenvalue weighted by molar-refractivity contribution is 5.89. The van der Waals surface area contributed by atoms with Gasteiger partial charge in [-0.2, -0.15) is 5.10 Å². The number of anilines is 2. The molecule has 1 aliphatic heterocycles. The van der Waals surface area contributed by atoms with Crippen LogP contribution in [0.3, 0.4) is 0 Å². The zero-order valence-electron chi connectivity index (χ0n) is 14.8. The van der Waals surface area contributed by atoms with Gasteiger partial charge in [-0.15, -0.1) is 0 Å². The van der Waals surface area contributed by atoms with Crippen LogP contribution in [0, 0.1) is 5.82 Å². The van der Waals surface area contributed by atoms with Crippen LogP contribution in [0.25, 0.3) is 5.69 Å². The molecule has 138 valence electrons. The van der Waals surface area contributed by atoms with Gasteiger partial charge in [-0.05, 0) is 48.5 Å². The fourth-order valence-corrected chi connectivity index (χ4v) is 3.17. The maximum Gasteiger partial charge on any atom is 0.321 e. The fraction of sp³-hybridized carbons (Fsp3) is 0.200. The number of aromatic nitrogens is 2. The lowest BCUT2D eigenvalue weighted by Gasteiger charge is -2.36. The van der Waals surface area contributed by atoms with Gasteiger partial charge in [-0.1, -0.05) is 6.07 Å². The van der Waals surface area contributed by atoms with E-state index < -0.39 is 0 Å². The number of carbonyl (C=O) groups is 1. The number of hydrogen-bond acceptors (Lipinski definition) is 3. The molecule has 6 nitrogen and oxygen atoms in total. The fourth-order valence-electron chi connectivity index (χ4n) is 3.17. The quantitative estimate of drug-likeness (QED) is 0.774. The number of hydrogen-bond donors (Lipinski definition) is 1. The van der Waals surface area contributed by atoms with Gasteiger partial charge in [0.2, 0.25) is 0 Å². The number of nitrogens with zero attached hydrogens (tertiary/aromatic N) is 4. The molecule has 2 amide bonds. The van der Waals surface area contributed by atoms with Gasteiger partial charge in [-0.25, -0.2) is 13.9 Å². The van der Waals surface area contributed by atoms with Crippen LogP contribution >= 0.6 is 0 Å². The Morgan fingerprint density at radius 3 is 2.44 bits per heavy atom. The van der Waals surface area contributed by atoms with Gasteiger partial charge in [0, 0.05) is 49.9 Å². The van der Waals surface area contributed by atoms with Gasteiger partial charge in [0.15, 0.2) is 0 Å². The summed E-state index contributed by atoms with van der Waals surface area (Å²) in [4.78, 5) is 16.5. The maximum atomic E-state index is 13.1. The molecule has 27 heavy (non-hydrogen) atoms. The molecule has 1 N–H and O–H groups in total. The molecule has 7 heteroatoms. The highest BCUT2D eigenvalue weighted by atomic mass is 19.1. The van der Waals surface area contributed by atoms with E-state index in [1.54, 1.807) is 27.9 Å². The largest absolute Gasteiger partial charge is 0.368 e. The van der Waals surface area contributed by atoms with Crippen LogP contribution in [-0.2, 0) is 0 Å². The molecule has 1 aromatic heterocycles. The van der Waals surface area contributed by atoms with Crippen molar-refractivity contribution in [3.05, 3.63) is 72.8 Å². The molecular formula is C20H20FN5O. The van der Waals surface area contributed by atoms with Crippen molar-refractivity contribution in [2.75, 3.05) is 36.4 Å². The summed E-state index contributed by atoms with van der Waals surface area (Å²) < 4.78 is 14.8. The molecule has 2 aromatic carbocycles. The summed E-state index contributed by atoms with van der Waals surface area (Å²) in [5.74, 6) is -0.242. The SMILES string of the molecule is O=C(Nc1cccc(-n2cccn2)c1)N1CCN(c2ccc(F)cc2)CC1. The topological polar surface area (TPSA) is 53.4 Å². The summed E-state index contributed by atoms with van der Waals surface area (Å²) >= 11 is 0. The van der Waals surface area contributed by atoms with Gasteiger partial charge >= 0.3 is 6.03 Å². The number of carbonyl (C=O) groups excluding carboxylic acids is 1. The minimum atomic E-state index is -0.242. The van der Waals surface area contributed by atoms with E-state index >= 15 is 0 Å². The van der Waals surface area contributed by atoms with E-state index in [-0.39, 0.29) is 11.8 Å². The summed E-state index contributed by atoms with van der Waals surface area (Å²) in [6.45, 7) is 2.66. The number of rotatable bonds is 3. The van der Waals surface area contributed by atoms with E-state index in [2.05, 4.69) is 15.3 Å². The van der Waals surface area contributed by atoms with Crippen LogP contribution in [-0.4, -0.2) is 46.9 Å². The molecule has 0 aliphatic carbocycles. The van der Waals surface area contributed by atoms with Gasteiger partial charge in [0.05, 0.1) is 5.69 Å². The van der Waals surface area contributed by atoms with Crippen molar-refractivity contribution >= 4 is 17.4 Å². The average Bonchev–Trinajstić information content (AvgIpc) is 3.24. The first-order valence-electron chi connectivity index (χ1n) is 8.85. The lowest BCUT2D eigenvalue weighted by atomic mass is 10.2. The number of amides is 2. The van der Waals surface area contributed by atoms with E-state index in [1.165, 1.54) is 12.1 Å². The summed E-state index contributed by atoms with van der Waals surface area (Å²) in [6, 6.07) is 15.8. The van der Waals surface area contributed by atoms with E-state index in [4.69, 9.17) is 0 Å². The molecule has 2 heterocycles. The van der Waals surface area contributed by atoms with Crippen LogP contribution in [0.2, 0.25) is 0 Å². The Hall–Kier alpha value is -3.35. The average molecular weight is 365 g/mol. The minimum absolute atomic E-state index is 0.119. The number of nitrogens with one attached hydrogen (secondary N) is 1. The van der Waals surface area contributed by atoms with Crippen molar-refractivity contribution < 1.29 is 9.18 Å². The molecule has 3 aromatic rings. The highest BCUT2D eigenvalue weighted by Crippen LogP contribution is 2.18. The smallest absolute Gasteiger partial charge is 0.321 e. The van der Waals surface area contributed by atoms with E-state index in [9.17, 15) is 9.18 Å². The molecule has 0 saturated carbocycles. The van der Waals surface area contributed by atoms with Crippen LogP contribution in [0.15, 0.2) is 67.0 Å². The van der Waals surface area contributed by atoms with Gasteiger partial charge in [0.25, 0.3) is 0 Å². The third-order valence-electron chi connectivity index (χ3n) is 4.63. The Balaban J connectivity index is 1.36. The maximum absolute atomic E-state index is 13.1. The lowest BCUT2D eigenvalue weighted by Crippen LogP contribution is -2.50. The Bertz CT molecular complexity index is 902. The number of urea groups is 1. The van der Waals surface area contributed by atoms with Crippen molar-refractivity contribution in [3.8, 4) is 5.69 Å². The molecule has 0 spiro atoms. The Morgan fingerprint density at radius 1 is 0.963 bits per heavy atom. The second kappa shape index (κ2) is 7.49. The normalized spacial score (nSPS) is 14.3. The standard InChI is InChI=1S/C20H20FN5O/c21-16-5-7-18(8-6-16)24-11-13-25(14-12-24)20(27)23-17-3-1-4-19(15-17)26-10-2-9-22-26/h1-10,15H,11-14H2,(H,23,27). The second-order valence-corrected chi connectivity index (χ2v) is 6.38. The predicted molar refractivity (Wildman–Crippen MR) is 103 cm³/mol. The number of benzene rings is 2. The third-order valence-corrected chi connectivity index (χ3v) is 4.63. The summed E-state index contributed by atoms with van der Waals surface area (Å²) in [7, 11) is 0. The molecular weight excluding hydrogens is 345 g/mol. The molecule has 0 bridgehead atoms. The summed E-state index contributed by atoms with van der Waals surface area (Å²) in [5.41, 5.74) is 2.59. The molecule has 4 rings (SSSR count).